The number of H-pyrrole nitrogens is 1. The van der Waals surface area contributed by atoms with Crippen LogP contribution in [0.1, 0.15) is 10.4 Å². The number of fused-ring (bicyclic) bond motifs is 1. The number of aromatic amines is 1. The van der Waals surface area contributed by atoms with E-state index in [1.165, 1.54) is 12.1 Å². The number of imidazole rings is 1. The van der Waals surface area contributed by atoms with Gasteiger partial charge in [-0.1, -0.05) is 0 Å². The summed E-state index contributed by atoms with van der Waals surface area (Å²) in [5.74, 6) is -0.670. The van der Waals surface area contributed by atoms with Gasteiger partial charge in [-0.2, -0.15) is 0 Å². The highest BCUT2D eigenvalue weighted by Crippen LogP contribution is 2.25. The van der Waals surface area contributed by atoms with E-state index >= 15 is 0 Å². The van der Waals surface area contributed by atoms with Gasteiger partial charge in [0.05, 0.1) is 23.1 Å². The number of benzene rings is 1. The lowest BCUT2D eigenvalue weighted by Crippen LogP contribution is -2.05. The van der Waals surface area contributed by atoms with Gasteiger partial charge < -0.3 is 15.5 Å². The molecule has 8 heteroatoms. The molecule has 0 unspecified atom stereocenters. The number of nitrogen functional groups attached to an aromatic ring is 1. The van der Waals surface area contributed by atoms with Crippen molar-refractivity contribution in [2.24, 2.45) is 0 Å². The smallest absolute Gasteiger partial charge is 0.344 e. The quantitative estimate of drug-likeness (QED) is 0.452. The first-order valence-corrected chi connectivity index (χ1v) is 4.55. The zero-order valence-electron chi connectivity index (χ0n) is 8.76. The van der Waals surface area contributed by atoms with Gasteiger partial charge in [-0.25, -0.2) is 9.78 Å². The molecule has 2 aromatic rings. The van der Waals surface area contributed by atoms with Gasteiger partial charge >= 0.3 is 5.97 Å². The van der Waals surface area contributed by atoms with Crippen molar-refractivity contribution in [3.63, 3.8) is 0 Å². The van der Waals surface area contributed by atoms with Gasteiger partial charge in [0.25, 0.3) is 5.69 Å². The van der Waals surface area contributed by atoms with E-state index in [0.717, 1.165) is 7.11 Å². The molecule has 0 amide bonds. The van der Waals surface area contributed by atoms with Gasteiger partial charge in [-0.3, -0.25) is 10.1 Å². The Labute approximate surface area is 94.5 Å². The second-order valence-corrected chi connectivity index (χ2v) is 3.26. The second kappa shape index (κ2) is 3.74. The molecule has 88 valence electrons. The van der Waals surface area contributed by atoms with Crippen LogP contribution in [0.2, 0.25) is 0 Å². The fourth-order valence-corrected chi connectivity index (χ4v) is 1.49. The summed E-state index contributed by atoms with van der Waals surface area (Å²) in [6.45, 7) is 0. The molecule has 3 N–H and O–H groups in total. The third-order valence-electron chi connectivity index (χ3n) is 2.22. The summed E-state index contributed by atoms with van der Waals surface area (Å²) < 4.78 is 4.47. The summed E-state index contributed by atoms with van der Waals surface area (Å²) in [7, 11) is 1.15. The molecule has 17 heavy (non-hydrogen) atoms. The molecule has 8 nitrogen and oxygen atoms in total. The summed E-state index contributed by atoms with van der Waals surface area (Å²) in [6.07, 6.45) is 0. The first-order chi connectivity index (χ1) is 8.02. The number of hydrogen-bond donors (Lipinski definition) is 2. The van der Waals surface area contributed by atoms with Crippen LogP contribution >= 0.6 is 0 Å². The molecule has 0 spiro atoms. The number of carbonyl (C=O) groups excluding carboxylic acids is 1. The van der Waals surface area contributed by atoms with Gasteiger partial charge in [-0.15, -0.1) is 0 Å². The SMILES string of the molecule is COC(=O)c1cc2nc(N)[nH]c2cc1[N+](=O)[O-]. The Hall–Kier alpha value is -2.64. The average Bonchev–Trinajstić information content (AvgIpc) is 2.65. The van der Waals surface area contributed by atoms with Gasteiger partial charge in [0, 0.05) is 6.07 Å². The predicted molar refractivity (Wildman–Crippen MR) is 58.5 cm³/mol. The molecule has 0 radical (unpaired) electrons. The number of methoxy groups -OCH3 is 1. The minimum absolute atomic E-state index is 0.122. The lowest BCUT2D eigenvalue weighted by molar-refractivity contribution is -0.385. The fourth-order valence-electron chi connectivity index (χ4n) is 1.49. The number of rotatable bonds is 2. The number of hydrogen-bond acceptors (Lipinski definition) is 6. The Morgan fingerprint density at radius 2 is 2.29 bits per heavy atom. The Balaban J connectivity index is 2.74. The molecule has 1 heterocycles. The summed E-state index contributed by atoms with van der Waals surface area (Å²) in [6, 6.07) is 2.47. The molecule has 0 bridgehead atoms. The van der Waals surface area contributed by atoms with Gasteiger partial charge in [-0.05, 0) is 6.07 Å². The maximum Gasteiger partial charge on any atom is 0.344 e. The van der Waals surface area contributed by atoms with E-state index < -0.39 is 10.9 Å². The summed E-state index contributed by atoms with van der Waals surface area (Å²) in [5, 5.41) is 10.8. The first-order valence-electron chi connectivity index (χ1n) is 4.55. The number of nitrogens with zero attached hydrogens (tertiary/aromatic N) is 2. The van der Waals surface area contributed by atoms with Crippen LogP contribution in [0.15, 0.2) is 12.1 Å². The molecule has 0 atom stereocenters. The van der Waals surface area contributed by atoms with Crippen LogP contribution in [0.5, 0.6) is 0 Å². The highest BCUT2D eigenvalue weighted by Gasteiger charge is 2.22. The average molecular weight is 236 g/mol. The van der Waals surface area contributed by atoms with Crippen LogP contribution in [0.4, 0.5) is 11.6 Å². The zero-order valence-corrected chi connectivity index (χ0v) is 8.76. The predicted octanol–water partition coefficient (Wildman–Crippen LogP) is 0.840. The molecule has 0 aliphatic heterocycles. The fraction of sp³-hybridized carbons (Fsp3) is 0.111. The molecule has 0 saturated carbocycles. The summed E-state index contributed by atoms with van der Waals surface area (Å²) in [5.41, 5.74) is 5.67. The van der Waals surface area contributed by atoms with Crippen molar-refractivity contribution in [1.82, 2.24) is 9.97 Å². The number of nitro benzene ring substituents is 1. The van der Waals surface area contributed by atoms with E-state index in [-0.39, 0.29) is 17.2 Å². The van der Waals surface area contributed by atoms with Crippen LogP contribution < -0.4 is 5.73 Å². The maximum atomic E-state index is 11.4. The van der Waals surface area contributed by atoms with E-state index in [9.17, 15) is 14.9 Å². The monoisotopic (exact) mass is 236 g/mol. The van der Waals surface area contributed by atoms with Crippen molar-refractivity contribution in [2.45, 2.75) is 0 Å². The van der Waals surface area contributed by atoms with Gasteiger partial charge in [0.2, 0.25) is 0 Å². The van der Waals surface area contributed by atoms with Crippen LogP contribution in [0.25, 0.3) is 11.0 Å². The van der Waals surface area contributed by atoms with Gasteiger partial charge in [0.1, 0.15) is 5.56 Å². The zero-order chi connectivity index (χ0) is 12.6. The molecule has 1 aromatic heterocycles. The molecule has 0 aliphatic carbocycles. The highest BCUT2D eigenvalue weighted by atomic mass is 16.6. The van der Waals surface area contributed by atoms with Crippen molar-refractivity contribution in [1.29, 1.82) is 0 Å². The van der Waals surface area contributed by atoms with Crippen LogP contribution in [-0.2, 0) is 4.74 Å². The van der Waals surface area contributed by atoms with E-state index in [0.29, 0.717) is 11.0 Å². The standard InChI is InChI=1S/C9H8N4O4/c1-17-8(14)4-2-5-6(12-9(10)11-5)3-7(4)13(15)16/h2-3H,1H3,(H3,10,11,12). The Morgan fingerprint density at radius 3 is 2.88 bits per heavy atom. The van der Waals surface area contributed by atoms with Gasteiger partial charge in [0.15, 0.2) is 5.95 Å². The summed E-state index contributed by atoms with van der Waals surface area (Å²) in [4.78, 5) is 28.1. The molecule has 0 fully saturated rings. The van der Waals surface area contributed by atoms with Crippen LogP contribution in [0.3, 0.4) is 0 Å². The number of nitro groups is 1. The summed E-state index contributed by atoms with van der Waals surface area (Å²) >= 11 is 0. The van der Waals surface area contributed by atoms with E-state index in [1.54, 1.807) is 0 Å². The largest absolute Gasteiger partial charge is 0.465 e. The lowest BCUT2D eigenvalue weighted by atomic mass is 10.1. The van der Waals surface area contributed by atoms with Crippen molar-refractivity contribution in [2.75, 3.05) is 12.8 Å². The molecule has 0 saturated heterocycles. The number of ether oxygens (including phenoxy) is 1. The van der Waals surface area contributed by atoms with Crippen molar-refractivity contribution in [3.8, 4) is 0 Å². The van der Waals surface area contributed by atoms with E-state index in [4.69, 9.17) is 5.73 Å². The third-order valence-corrected chi connectivity index (χ3v) is 2.22. The third kappa shape index (κ3) is 1.75. The molecule has 1 aromatic carbocycles. The Morgan fingerprint density at radius 1 is 1.59 bits per heavy atom. The van der Waals surface area contributed by atoms with E-state index in [2.05, 4.69) is 14.7 Å². The first kappa shape index (κ1) is 10.9. The van der Waals surface area contributed by atoms with Crippen molar-refractivity contribution < 1.29 is 14.5 Å². The maximum absolute atomic E-state index is 11.4. The van der Waals surface area contributed by atoms with Crippen molar-refractivity contribution in [3.05, 3.63) is 27.8 Å². The molecular weight excluding hydrogens is 228 g/mol. The molecular formula is C9H8N4O4. The number of carbonyl (C=O) groups is 1. The lowest BCUT2D eigenvalue weighted by Gasteiger charge is -2.00. The normalized spacial score (nSPS) is 10.4. The number of nitrogens with two attached hydrogens (primary N) is 1. The second-order valence-electron chi connectivity index (χ2n) is 3.26. The Kier molecular flexibility index (Phi) is 2.39. The van der Waals surface area contributed by atoms with Crippen LogP contribution in [-0.4, -0.2) is 28.0 Å². The Bertz CT molecular complexity index is 619. The minimum Gasteiger partial charge on any atom is -0.465 e. The van der Waals surface area contributed by atoms with Crippen molar-refractivity contribution >= 4 is 28.6 Å². The van der Waals surface area contributed by atoms with E-state index in [1.807, 2.05) is 0 Å². The highest BCUT2D eigenvalue weighted by molar-refractivity contribution is 5.98. The molecule has 0 aliphatic rings. The minimum atomic E-state index is -0.792. The number of nitrogens with one attached hydrogen (secondary N) is 1. The number of anilines is 1. The topological polar surface area (TPSA) is 124 Å². The number of esters is 1. The molecule has 2 rings (SSSR count). The van der Waals surface area contributed by atoms with Crippen LogP contribution in [0, 0.1) is 10.1 Å². The number of aromatic nitrogens is 2.